The van der Waals surface area contributed by atoms with Crippen molar-refractivity contribution in [1.29, 1.82) is 0 Å². The lowest BCUT2D eigenvalue weighted by Gasteiger charge is -2.27. The van der Waals surface area contributed by atoms with E-state index in [1.165, 1.54) is 22.3 Å². The van der Waals surface area contributed by atoms with Gasteiger partial charge in [-0.25, -0.2) is 17.9 Å². The topological polar surface area (TPSA) is 93.3 Å². The lowest BCUT2D eigenvalue weighted by atomic mass is 9.95. The number of benzene rings is 2. The van der Waals surface area contributed by atoms with Crippen molar-refractivity contribution in [2.45, 2.75) is 17.4 Å². The summed E-state index contributed by atoms with van der Waals surface area (Å²) >= 11 is 0. The lowest BCUT2D eigenvalue weighted by Crippen LogP contribution is -2.38. The largest absolute Gasteiger partial charge is 0.419 e. The van der Waals surface area contributed by atoms with E-state index in [-0.39, 0.29) is 23.1 Å². The first-order chi connectivity index (χ1) is 12.5. The lowest BCUT2D eigenvalue weighted by molar-refractivity contribution is 0.491. The molecule has 1 atom stereocenters. The van der Waals surface area contributed by atoms with E-state index < -0.39 is 15.8 Å². The van der Waals surface area contributed by atoms with Gasteiger partial charge < -0.3 is 9.73 Å². The van der Waals surface area contributed by atoms with Gasteiger partial charge in [0.1, 0.15) is 0 Å². The van der Waals surface area contributed by atoms with Crippen LogP contribution >= 0.6 is 0 Å². The van der Waals surface area contributed by atoms with E-state index in [0.29, 0.717) is 5.52 Å². The molecule has 0 saturated carbocycles. The summed E-state index contributed by atoms with van der Waals surface area (Å²) in [7, 11) is -2.14. The second kappa shape index (κ2) is 6.39. The van der Waals surface area contributed by atoms with E-state index >= 15 is 0 Å². The van der Waals surface area contributed by atoms with Crippen molar-refractivity contribution in [2.75, 3.05) is 13.1 Å². The summed E-state index contributed by atoms with van der Waals surface area (Å²) in [5.41, 5.74) is 3.16. The molecule has 1 aliphatic heterocycles. The van der Waals surface area contributed by atoms with Gasteiger partial charge >= 0.3 is 5.76 Å². The van der Waals surface area contributed by atoms with Crippen LogP contribution in [0.5, 0.6) is 0 Å². The van der Waals surface area contributed by atoms with Gasteiger partial charge in [-0.15, -0.1) is 0 Å². The van der Waals surface area contributed by atoms with Crippen LogP contribution in [0.25, 0.3) is 11.1 Å². The smallest absolute Gasteiger partial charge is 0.408 e. The zero-order valence-electron chi connectivity index (χ0n) is 14.2. The SMILES string of the molecule is Cn1c(=O)oc2cc(S(=O)(=O)NCC3NCCc4ccccc43)ccc21. The number of sulfonamides is 1. The summed E-state index contributed by atoms with van der Waals surface area (Å²) < 4.78 is 34.4. The van der Waals surface area contributed by atoms with Gasteiger partial charge in [0.15, 0.2) is 5.58 Å². The minimum Gasteiger partial charge on any atom is -0.408 e. The average molecular weight is 373 g/mol. The number of hydrogen-bond acceptors (Lipinski definition) is 5. The molecule has 26 heavy (non-hydrogen) atoms. The molecule has 7 nitrogen and oxygen atoms in total. The Bertz CT molecular complexity index is 1130. The Balaban J connectivity index is 1.58. The Labute approximate surface area is 150 Å². The molecule has 1 aliphatic rings. The Morgan fingerprint density at radius 1 is 1.27 bits per heavy atom. The predicted molar refractivity (Wildman–Crippen MR) is 97.5 cm³/mol. The molecule has 4 rings (SSSR count). The maximum absolute atomic E-state index is 12.7. The van der Waals surface area contributed by atoms with Crippen molar-refractivity contribution in [1.82, 2.24) is 14.6 Å². The fourth-order valence-electron chi connectivity index (χ4n) is 3.33. The predicted octanol–water partition coefficient (Wildman–Crippen LogP) is 1.30. The third-order valence-corrected chi connectivity index (χ3v) is 6.19. The van der Waals surface area contributed by atoms with Crippen molar-refractivity contribution in [3.63, 3.8) is 0 Å². The molecule has 0 amide bonds. The zero-order chi connectivity index (χ0) is 18.3. The molecule has 3 aromatic rings. The minimum absolute atomic E-state index is 0.0726. The fourth-order valence-corrected chi connectivity index (χ4v) is 4.39. The second-order valence-electron chi connectivity index (χ2n) is 6.36. The van der Waals surface area contributed by atoms with Gasteiger partial charge in [-0.3, -0.25) is 4.57 Å². The molecule has 0 saturated heterocycles. The number of aryl methyl sites for hydroxylation is 1. The van der Waals surface area contributed by atoms with Crippen LogP contribution in [0.2, 0.25) is 0 Å². The molecular formula is C18H19N3O4S. The van der Waals surface area contributed by atoms with Crippen LogP contribution in [0, 0.1) is 0 Å². The van der Waals surface area contributed by atoms with Crippen LogP contribution in [0.3, 0.4) is 0 Å². The first kappa shape index (κ1) is 17.0. The Morgan fingerprint density at radius 3 is 2.92 bits per heavy atom. The van der Waals surface area contributed by atoms with E-state index in [1.807, 2.05) is 18.2 Å². The second-order valence-corrected chi connectivity index (χ2v) is 8.13. The third kappa shape index (κ3) is 2.96. The van der Waals surface area contributed by atoms with Gasteiger partial charge in [0, 0.05) is 25.7 Å². The Kier molecular flexibility index (Phi) is 4.18. The molecule has 2 aromatic carbocycles. The number of hydrogen-bond donors (Lipinski definition) is 2. The van der Waals surface area contributed by atoms with Gasteiger partial charge in [0.05, 0.1) is 10.4 Å². The highest BCUT2D eigenvalue weighted by atomic mass is 32.2. The maximum Gasteiger partial charge on any atom is 0.419 e. The highest BCUT2D eigenvalue weighted by molar-refractivity contribution is 7.89. The number of nitrogens with zero attached hydrogens (tertiary/aromatic N) is 1. The molecule has 0 fully saturated rings. The van der Waals surface area contributed by atoms with Gasteiger partial charge in [-0.05, 0) is 36.2 Å². The van der Waals surface area contributed by atoms with E-state index in [9.17, 15) is 13.2 Å². The van der Waals surface area contributed by atoms with Gasteiger partial charge in [-0.1, -0.05) is 24.3 Å². The Hall–Kier alpha value is -2.42. The van der Waals surface area contributed by atoms with Crippen molar-refractivity contribution >= 4 is 21.1 Å². The monoisotopic (exact) mass is 373 g/mol. The quantitative estimate of drug-likeness (QED) is 0.719. The van der Waals surface area contributed by atoms with Gasteiger partial charge in [0.2, 0.25) is 10.0 Å². The van der Waals surface area contributed by atoms with Crippen LogP contribution in [0.15, 0.2) is 56.6 Å². The van der Waals surface area contributed by atoms with E-state index in [0.717, 1.165) is 18.5 Å². The van der Waals surface area contributed by atoms with Crippen molar-refractivity contribution in [3.05, 3.63) is 64.1 Å². The van der Waals surface area contributed by atoms with Crippen LogP contribution in [0.4, 0.5) is 0 Å². The molecule has 1 unspecified atom stereocenters. The Morgan fingerprint density at radius 2 is 2.08 bits per heavy atom. The van der Waals surface area contributed by atoms with Crippen molar-refractivity contribution < 1.29 is 12.8 Å². The maximum atomic E-state index is 12.7. The molecule has 0 radical (unpaired) electrons. The highest BCUT2D eigenvalue weighted by Gasteiger charge is 2.23. The summed E-state index contributed by atoms with van der Waals surface area (Å²) in [6.07, 6.45) is 0.934. The number of fused-ring (bicyclic) bond motifs is 2. The zero-order valence-corrected chi connectivity index (χ0v) is 15.0. The molecule has 136 valence electrons. The van der Waals surface area contributed by atoms with Crippen molar-refractivity contribution in [3.8, 4) is 0 Å². The first-order valence-corrected chi connectivity index (χ1v) is 9.84. The van der Waals surface area contributed by atoms with Crippen LogP contribution < -0.4 is 15.8 Å². The van der Waals surface area contributed by atoms with Crippen LogP contribution in [-0.4, -0.2) is 26.1 Å². The number of rotatable bonds is 4. The van der Waals surface area contributed by atoms with Crippen molar-refractivity contribution in [2.24, 2.45) is 7.05 Å². The summed E-state index contributed by atoms with van der Waals surface area (Å²) in [6.45, 7) is 1.06. The summed E-state index contributed by atoms with van der Waals surface area (Å²) in [5.74, 6) is -0.523. The number of aromatic nitrogens is 1. The molecule has 2 heterocycles. The molecule has 8 heteroatoms. The molecular weight excluding hydrogens is 354 g/mol. The first-order valence-electron chi connectivity index (χ1n) is 8.36. The average Bonchev–Trinajstić information content (AvgIpc) is 2.93. The summed E-state index contributed by atoms with van der Waals surface area (Å²) in [4.78, 5) is 11.6. The van der Waals surface area contributed by atoms with Crippen LogP contribution in [-0.2, 0) is 23.5 Å². The standard InChI is InChI=1S/C18H19N3O4S/c1-21-16-7-6-13(10-17(16)25-18(21)22)26(23,24)20-11-15-14-5-3-2-4-12(14)8-9-19-15/h2-7,10,15,19-20H,8-9,11H2,1H3. The third-order valence-electron chi connectivity index (χ3n) is 4.77. The number of nitrogens with one attached hydrogen (secondary N) is 2. The molecule has 2 N–H and O–H groups in total. The normalized spacial score (nSPS) is 17.3. The minimum atomic E-state index is -3.72. The van der Waals surface area contributed by atoms with Gasteiger partial charge in [0.25, 0.3) is 0 Å². The molecule has 0 aliphatic carbocycles. The van der Waals surface area contributed by atoms with E-state index in [1.54, 1.807) is 13.1 Å². The van der Waals surface area contributed by atoms with Crippen LogP contribution in [0.1, 0.15) is 17.2 Å². The van der Waals surface area contributed by atoms with Gasteiger partial charge in [-0.2, -0.15) is 0 Å². The summed E-state index contributed by atoms with van der Waals surface area (Å²) in [5, 5.41) is 3.35. The van der Waals surface area contributed by atoms with E-state index in [4.69, 9.17) is 4.42 Å². The fraction of sp³-hybridized carbons (Fsp3) is 0.278. The molecule has 0 bridgehead atoms. The van der Waals surface area contributed by atoms with E-state index in [2.05, 4.69) is 16.1 Å². The molecule has 0 spiro atoms. The summed E-state index contributed by atoms with van der Waals surface area (Å²) in [6, 6.07) is 12.4. The highest BCUT2D eigenvalue weighted by Crippen LogP contribution is 2.23. The molecule has 1 aromatic heterocycles. The number of oxazole rings is 1.